The van der Waals surface area contributed by atoms with Gasteiger partial charge in [-0.1, -0.05) is 72.8 Å². The summed E-state index contributed by atoms with van der Waals surface area (Å²) in [5, 5.41) is 7.85. The highest BCUT2D eigenvalue weighted by molar-refractivity contribution is 7.80. The molecule has 0 saturated heterocycles. The zero-order valence-corrected chi connectivity index (χ0v) is 14.5. The second-order valence-corrected chi connectivity index (χ2v) is 6.92. The van der Waals surface area contributed by atoms with E-state index in [-0.39, 0.29) is 0 Å². The molecule has 0 saturated carbocycles. The minimum atomic E-state index is 0.987. The lowest BCUT2D eigenvalue weighted by Gasteiger charge is -2.12. The third-order valence-electron chi connectivity index (χ3n) is 4.92. The van der Waals surface area contributed by atoms with Crippen LogP contribution in [0.15, 0.2) is 95.9 Å². The molecule has 0 fully saturated rings. The quantitative estimate of drug-likeness (QED) is 0.245. The van der Waals surface area contributed by atoms with Gasteiger partial charge in [0.15, 0.2) is 0 Å². The Hall–Kier alpha value is -2.77. The van der Waals surface area contributed by atoms with E-state index in [0.717, 1.165) is 4.90 Å². The molecule has 5 rings (SSSR count). The van der Waals surface area contributed by atoms with Gasteiger partial charge in [-0.15, -0.1) is 12.6 Å². The van der Waals surface area contributed by atoms with Crippen molar-refractivity contribution in [1.82, 2.24) is 0 Å². The van der Waals surface area contributed by atoms with Crippen LogP contribution in [-0.2, 0) is 0 Å². The number of hydrogen-bond acceptors (Lipinski definition) is 1. The Bertz CT molecular complexity index is 1220. The first-order valence-electron chi connectivity index (χ1n) is 8.44. The van der Waals surface area contributed by atoms with Gasteiger partial charge >= 0.3 is 0 Å². The van der Waals surface area contributed by atoms with Crippen molar-refractivity contribution in [1.29, 1.82) is 0 Å². The molecule has 0 aliphatic carbocycles. The number of fused-ring (bicyclic) bond motifs is 6. The molecular formula is C24H16S. The van der Waals surface area contributed by atoms with Gasteiger partial charge in [0.2, 0.25) is 0 Å². The number of rotatable bonds is 1. The summed E-state index contributed by atoms with van der Waals surface area (Å²) in [5.41, 5.74) is 2.43. The Kier molecular flexibility index (Phi) is 3.29. The van der Waals surface area contributed by atoms with E-state index < -0.39 is 0 Å². The van der Waals surface area contributed by atoms with E-state index in [0.29, 0.717) is 0 Å². The van der Waals surface area contributed by atoms with Gasteiger partial charge in [0.05, 0.1) is 0 Å². The Morgan fingerprint density at radius 3 is 1.52 bits per heavy atom. The van der Waals surface area contributed by atoms with E-state index in [9.17, 15) is 0 Å². The van der Waals surface area contributed by atoms with Crippen LogP contribution in [0.5, 0.6) is 0 Å². The van der Waals surface area contributed by atoms with Gasteiger partial charge in [-0.2, -0.15) is 0 Å². The van der Waals surface area contributed by atoms with Crippen molar-refractivity contribution in [3.05, 3.63) is 91.0 Å². The molecule has 0 unspecified atom stereocenters. The number of hydrogen-bond donors (Lipinski definition) is 1. The maximum Gasteiger partial charge on any atom is 0.00461 e. The van der Waals surface area contributed by atoms with Crippen LogP contribution in [0, 0.1) is 0 Å². The molecule has 0 aliphatic heterocycles. The second kappa shape index (κ2) is 5.65. The van der Waals surface area contributed by atoms with E-state index >= 15 is 0 Å². The van der Waals surface area contributed by atoms with Crippen LogP contribution in [0.3, 0.4) is 0 Å². The van der Waals surface area contributed by atoms with Gasteiger partial charge in [-0.25, -0.2) is 0 Å². The Balaban J connectivity index is 1.93. The van der Waals surface area contributed by atoms with Crippen LogP contribution in [0.4, 0.5) is 0 Å². The summed E-state index contributed by atoms with van der Waals surface area (Å²) in [6.45, 7) is 0. The molecule has 0 bridgehead atoms. The largest absolute Gasteiger partial charge is 0.143 e. The van der Waals surface area contributed by atoms with Crippen LogP contribution in [0.1, 0.15) is 0 Å². The van der Waals surface area contributed by atoms with E-state index in [4.69, 9.17) is 0 Å². The summed E-state index contributed by atoms with van der Waals surface area (Å²) in [7, 11) is 0. The molecule has 0 aliphatic rings. The molecule has 0 amide bonds. The SMILES string of the molecule is Sc1cccc(-c2ccc3c4ccccc4c4ccccc4c3c2)c1. The fourth-order valence-corrected chi connectivity index (χ4v) is 4.00. The van der Waals surface area contributed by atoms with Crippen molar-refractivity contribution in [3.8, 4) is 11.1 Å². The van der Waals surface area contributed by atoms with E-state index in [1.165, 1.54) is 43.4 Å². The highest BCUT2D eigenvalue weighted by Gasteiger charge is 2.09. The van der Waals surface area contributed by atoms with Gasteiger partial charge in [-0.3, -0.25) is 0 Å². The molecule has 25 heavy (non-hydrogen) atoms. The first-order chi connectivity index (χ1) is 12.3. The fourth-order valence-electron chi connectivity index (χ4n) is 3.77. The molecule has 0 heterocycles. The summed E-state index contributed by atoms with van der Waals surface area (Å²) in [6, 6.07) is 32.5. The highest BCUT2D eigenvalue weighted by Crippen LogP contribution is 2.37. The molecule has 0 N–H and O–H groups in total. The molecule has 5 aromatic rings. The molecule has 0 radical (unpaired) electrons. The summed E-state index contributed by atoms with van der Waals surface area (Å²) in [6.07, 6.45) is 0. The van der Waals surface area contributed by atoms with Gasteiger partial charge in [0.25, 0.3) is 0 Å². The van der Waals surface area contributed by atoms with Crippen molar-refractivity contribution in [2.75, 3.05) is 0 Å². The van der Waals surface area contributed by atoms with Crippen LogP contribution >= 0.6 is 12.6 Å². The van der Waals surface area contributed by atoms with E-state index in [2.05, 4.69) is 97.6 Å². The Morgan fingerprint density at radius 1 is 0.400 bits per heavy atom. The van der Waals surface area contributed by atoms with Gasteiger partial charge in [-0.05, 0) is 61.6 Å². The van der Waals surface area contributed by atoms with Crippen molar-refractivity contribution in [2.45, 2.75) is 4.90 Å². The number of benzene rings is 5. The van der Waals surface area contributed by atoms with E-state index in [1.807, 2.05) is 6.07 Å². The topological polar surface area (TPSA) is 0 Å². The van der Waals surface area contributed by atoms with E-state index in [1.54, 1.807) is 0 Å². The first-order valence-corrected chi connectivity index (χ1v) is 8.88. The zero-order chi connectivity index (χ0) is 16.8. The Morgan fingerprint density at radius 2 is 0.920 bits per heavy atom. The standard InChI is InChI=1S/C24H16S/c25-18-7-5-6-16(14-18)17-12-13-23-21-10-2-1-8-19(21)20-9-3-4-11-22(20)24(23)15-17/h1-15,25H. The van der Waals surface area contributed by atoms with Crippen molar-refractivity contribution < 1.29 is 0 Å². The lowest BCUT2D eigenvalue weighted by atomic mass is 9.92. The van der Waals surface area contributed by atoms with Gasteiger partial charge < -0.3 is 0 Å². The normalized spacial score (nSPS) is 11.4. The monoisotopic (exact) mass is 336 g/mol. The van der Waals surface area contributed by atoms with Crippen LogP contribution in [-0.4, -0.2) is 0 Å². The Labute approximate surface area is 152 Å². The molecule has 118 valence electrons. The third kappa shape index (κ3) is 2.32. The average Bonchev–Trinajstić information content (AvgIpc) is 2.68. The van der Waals surface area contributed by atoms with Crippen molar-refractivity contribution in [2.24, 2.45) is 0 Å². The van der Waals surface area contributed by atoms with Crippen molar-refractivity contribution in [3.63, 3.8) is 0 Å². The maximum absolute atomic E-state index is 4.49. The minimum Gasteiger partial charge on any atom is -0.143 e. The molecule has 0 spiro atoms. The molecule has 0 aromatic heterocycles. The fraction of sp³-hybridized carbons (Fsp3) is 0. The third-order valence-corrected chi connectivity index (χ3v) is 5.20. The summed E-state index contributed by atoms with van der Waals surface area (Å²) < 4.78 is 0. The molecular weight excluding hydrogens is 320 g/mol. The predicted octanol–water partition coefficient (Wildman–Crippen LogP) is 7.10. The predicted molar refractivity (Wildman–Crippen MR) is 112 cm³/mol. The summed E-state index contributed by atoms with van der Waals surface area (Å²) in [4.78, 5) is 0.987. The molecule has 1 heteroatoms. The van der Waals surface area contributed by atoms with Crippen LogP contribution < -0.4 is 0 Å². The molecule has 5 aromatic carbocycles. The first kappa shape index (κ1) is 14.6. The lowest BCUT2D eigenvalue weighted by Crippen LogP contribution is -1.85. The average molecular weight is 336 g/mol. The summed E-state index contributed by atoms with van der Waals surface area (Å²) >= 11 is 4.49. The van der Waals surface area contributed by atoms with Crippen LogP contribution in [0.2, 0.25) is 0 Å². The minimum absolute atomic E-state index is 0.987. The molecule has 0 atom stereocenters. The van der Waals surface area contributed by atoms with Gasteiger partial charge in [0, 0.05) is 4.90 Å². The van der Waals surface area contributed by atoms with Crippen LogP contribution in [0.25, 0.3) is 43.4 Å². The number of thiol groups is 1. The lowest BCUT2D eigenvalue weighted by molar-refractivity contribution is 1.47. The highest BCUT2D eigenvalue weighted by atomic mass is 32.1. The van der Waals surface area contributed by atoms with Gasteiger partial charge in [0.1, 0.15) is 0 Å². The zero-order valence-electron chi connectivity index (χ0n) is 13.6. The van der Waals surface area contributed by atoms with Crippen molar-refractivity contribution >= 4 is 44.9 Å². The molecule has 0 nitrogen and oxygen atoms in total. The maximum atomic E-state index is 4.49. The summed E-state index contributed by atoms with van der Waals surface area (Å²) in [5.74, 6) is 0. The second-order valence-electron chi connectivity index (χ2n) is 6.40. The smallest absolute Gasteiger partial charge is 0.00461 e.